The van der Waals surface area contributed by atoms with Crippen molar-refractivity contribution in [3.63, 3.8) is 0 Å². The summed E-state index contributed by atoms with van der Waals surface area (Å²) in [5.41, 5.74) is -8.68. The van der Waals surface area contributed by atoms with Crippen LogP contribution in [0.3, 0.4) is 0 Å². The Kier molecular flexibility index (Phi) is 19.2. The van der Waals surface area contributed by atoms with Gasteiger partial charge < -0.3 is 30.7 Å². The molecule has 3 N–H and O–H groups in total. The van der Waals surface area contributed by atoms with Crippen LogP contribution in [-0.4, -0.2) is 103 Å². The fraction of sp³-hybridized carbons (Fsp3) is 0.327. The highest BCUT2D eigenvalue weighted by Crippen LogP contribution is 2.42. The van der Waals surface area contributed by atoms with Crippen molar-refractivity contribution in [3.8, 4) is 0 Å². The number of rotatable bonds is 7. The van der Waals surface area contributed by atoms with Gasteiger partial charge in [-0.05, 0) is 110 Å². The number of likely N-dealkylation sites (tertiary alicyclic amines) is 3. The van der Waals surface area contributed by atoms with E-state index in [2.05, 4.69) is 36.8 Å². The van der Waals surface area contributed by atoms with Crippen LogP contribution in [0.1, 0.15) is 66.7 Å². The number of carbonyl (C=O) groups is 3. The average Bonchev–Trinajstić information content (AvgIpc) is 3.44. The van der Waals surface area contributed by atoms with Gasteiger partial charge in [0.05, 0.1) is 36.5 Å². The fourth-order valence-corrected chi connectivity index (χ4v) is 10.4. The Bertz CT molecular complexity index is 3270. The average molecular weight is 1200 g/mol. The molecule has 0 spiro atoms. The highest BCUT2D eigenvalue weighted by atomic mass is 35.5. The number of benzene rings is 3. The van der Waals surface area contributed by atoms with Crippen molar-refractivity contribution >= 4 is 73.7 Å². The minimum atomic E-state index is -4.97. The molecule has 3 aliphatic rings. The van der Waals surface area contributed by atoms with Gasteiger partial charge in [0.25, 0.3) is 0 Å². The lowest BCUT2D eigenvalue weighted by Gasteiger charge is -2.36. The molecule has 3 saturated heterocycles. The van der Waals surface area contributed by atoms with Gasteiger partial charge in [0.1, 0.15) is 11.5 Å². The van der Waals surface area contributed by atoms with E-state index < -0.39 is 66.6 Å². The lowest BCUT2D eigenvalue weighted by atomic mass is 9.89. The number of piperidine rings is 3. The zero-order valence-electron chi connectivity index (χ0n) is 43.1. The molecule has 1 unspecified atom stereocenters. The molecule has 6 amide bonds. The Morgan fingerprint density at radius 2 is 0.852 bits per heavy atom. The van der Waals surface area contributed by atoms with Gasteiger partial charge in [-0.25, -0.2) is 31.9 Å². The fourth-order valence-electron chi connectivity index (χ4n) is 8.93. The lowest BCUT2D eigenvalue weighted by Crippen LogP contribution is -2.45. The second-order valence-electron chi connectivity index (χ2n) is 19.2. The maximum atomic E-state index is 15.3. The van der Waals surface area contributed by atoms with E-state index in [1.54, 1.807) is 35.4 Å². The molecule has 6 aromatic rings. The highest BCUT2D eigenvalue weighted by Gasteiger charge is 2.44. The zero-order valence-corrected chi connectivity index (χ0v) is 45.4. The number of hydrogen-bond donors (Lipinski definition) is 3. The summed E-state index contributed by atoms with van der Waals surface area (Å²) in [6.07, 6.45) is -0.0213. The van der Waals surface area contributed by atoms with Crippen molar-refractivity contribution in [2.45, 2.75) is 79.0 Å². The molecule has 3 aliphatic heterocycles. The van der Waals surface area contributed by atoms with Crippen molar-refractivity contribution < 1.29 is 62.5 Å². The first-order valence-corrected chi connectivity index (χ1v) is 27.4. The molecular formula is C55H53Cl2F10N9O4S. The predicted octanol–water partition coefficient (Wildman–Crippen LogP) is 14.1. The summed E-state index contributed by atoms with van der Waals surface area (Å²) in [7, 11) is -4.47. The molecule has 3 fully saturated rings. The number of nitrogens with zero attached hydrogens (tertiary/aromatic N) is 6. The van der Waals surface area contributed by atoms with Crippen molar-refractivity contribution in [1.29, 1.82) is 0 Å². The summed E-state index contributed by atoms with van der Waals surface area (Å²) < 4.78 is 147. The van der Waals surface area contributed by atoms with Gasteiger partial charge in [-0.3, -0.25) is 19.2 Å². The molecule has 3 aromatic carbocycles. The van der Waals surface area contributed by atoms with Crippen LogP contribution in [0.2, 0.25) is 10.0 Å². The quantitative estimate of drug-likeness (QED) is 0.106. The first-order valence-electron chi connectivity index (χ1n) is 25.0. The topological polar surface area (TPSA) is 153 Å². The summed E-state index contributed by atoms with van der Waals surface area (Å²) in [5, 5.41) is 8.40. The maximum absolute atomic E-state index is 15.3. The number of alkyl halides is 9. The highest BCUT2D eigenvalue weighted by molar-refractivity contribution is 8.01. The molecule has 3 aromatic heterocycles. The first kappa shape index (κ1) is 61.4. The lowest BCUT2D eigenvalue weighted by molar-refractivity contribution is -0.137. The number of pyridine rings is 3. The Morgan fingerprint density at radius 3 is 1.19 bits per heavy atom. The van der Waals surface area contributed by atoms with Crippen LogP contribution in [0, 0.1) is 12.7 Å². The van der Waals surface area contributed by atoms with E-state index in [0.29, 0.717) is 18.1 Å². The zero-order chi connectivity index (χ0) is 59.0. The third kappa shape index (κ3) is 15.2. The van der Waals surface area contributed by atoms with Crippen LogP contribution in [-0.2, 0) is 32.7 Å². The Morgan fingerprint density at radius 1 is 0.531 bits per heavy atom. The first-order chi connectivity index (χ1) is 38.1. The molecule has 0 aliphatic carbocycles. The summed E-state index contributed by atoms with van der Waals surface area (Å²) in [6.45, 7) is 2.89. The summed E-state index contributed by atoms with van der Waals surface area (Å²) >= 11 is 12.1. The third-order valence-electron chi connectivity index (χ3n) is 13.7. The van der Waals surface area contributed by atoms with Crippen LogP contribution in [0.5, 0.6) is 0 Å². The van der Waals surface area contributed by atoms with Gasteiger partial charge in [0.15, 0.2) is 17.0 Å². The standard InChI is InChI=1S/C19H18ClF4N3O2S.C18H19ClFN3O.C18H16F5N3O/c1-30(29,19(22,23)24)14-6-4-13(5-7-14)26-17(28)27-11-8-18(21,9-12-27)16-15(20)3-2-10-25-16;1-13-4-6-14(7-5-13)22-17(24)23-11-8-18(20,9-12-23)16-15(19)3-2-10-21-16;19-14-2-1-9-24-15(14)17(20)7-10-26(11-8-17)16(27)25-13-5-3-12(4-6-13)18(21,22)23/h2-7,10H,1,8-9,11-12H2,(H,26,28);2-7,10H,8-9,11-12H2,1H3,(H,22,24);1-6,9H,7-8,10-11H2,(H,25,27). The summed E-state index contributed by atoms with van der Waals surface area (Å²) in [5.74, 6) is 2.04. The molecule has 0 radical (unpaired) electrons. The number of aryl methyl sites for hydroxylation is 1. The molecule has 6 heterocycles. The SMILES string of the molecule is C=S(=O)(c1ccc(NC(=O)N2CCC(F)(c3ncccc3Cl)CC2)cc1)C(F)(F)F.Cc1ccc(NC(=O)N2CCC(F)(c3ncccc3Cl)CC2)cc1.O=C(Nc1ccc(C(F)(F)F)cc1)N1CCC(F)(c2ncccc2F)CC1. The number of halogens is 12. The monoisotopic (exact) mass is 1200 g/mol. The molecule has 13 nitrogen and oxygen atoms in total. The van der Waals surface area contributed by atoms with Crippen LogP contribution in [0.15, 0.2) is 133 Å². The van der Waals surface area contributed by atoms with Crippen LogP contribution in [0.25, 0.3) is 0 Å². The number of carbonyl (C=O) groups excluding carboxylic acids is 3. The van der Waals surface area contributed by atoms with E-state index in [0.717, 1.165) is 53.7 Å². The van der Waals surface area contributed by atoms with Crippen molar-refractivity contribution in [3.05, 3.63) is 172 Å². The van der Waals surface area contributed by atoms with Crippen molar-refractivity contribution in [1.82, 2.24) is 29.7 Å². The Balaban J connectivity index is 0.000000176. The number of amides is 6. The Hall–Kier alpha value is -7.18. The van der Waals surface area contributed by atoms with Crippen molar-refractivity contribution in [2.24, 2.45) is 0 Å². The Labute approximate surface area is 470 Å². The number of nitrogens with one attached hydrogen (secondary N) is 3. The number of hydrogen-bond acceptors (Lipinski definition) is 7. The molecule has 432 valence electrons. The number of urea groups is 3. The molecule has 0 bridgehead atoms. The minimum absolute atomic E-state index is 0.00520. The van der Waals surface area contributed by atoms with Crippen LogP contribution >= 0.6 is 23.2 Å². The van der Waals surface area contributed by atoms with E-state index >= 15 is 13.2 Å². The number of anilines is 3. The smallest absolute Gasteiger partial charge is 0.324 e. The van der Waals surface area contributed by atoms with Crippen LogP contribution in [0.4, 0.5) is 75.3 Å². The number of aromatic nitrogens is 3. The largest absolute Gasteiger partial charge is 0.467 e. The van der Waals surface area contributed by atoms with E-state index in [1.807, 2.05) is 31.2 Å². The van der Waals surface area contributed by atoms with Gasteiger partial charge in [0.2, 0.25) is 0 Å². The van der Waals surface area contributed by atoms with Gasteiger partial charge in [0, 0.05) is 118 Å². The van der Waals surface area contributed by atoms with Gasteiger partial charge in [-0.15, -0.1) is 0 Å². The normalized spacial score (nSPS) is 17.4. The van der Waals surface area contributed by atoms with Crippen LogP contribution < -0.4 is 16.0 Å². The molecule has 9 rings (SSSR count). The minimum Gasteiger partial charge on any atom is -0.324 e. The molecule has 1 atom stereocenters. The predicted molar refractivity (Wildman–Crippen MR) is 289 cm³/mol. The summed E-state index contributed by atoms with van der Waals surface area (Å²) in [4.78, 5) is 52.7. The molecule has 0 saturated carbocycles. The molecule has 26 heteroatoms. The van der Waals surface area contributed by atoms with E-state index in [-0.39, 0.29) is 104 Å². The maximum Gasteiger partial charge on any atom is 0.467 e. The van der Waals surface area contributed by atoms with E-state index in [1.165, 1.54) is 40.4 Å². The van der Waals surface area contributed by atoms with Gasteiger partial charge in [-0.2, -0.15) is 26.3 Å². The van der Waals surface area contributed by atoms with Gasteiger partial charge >= 0.3 is 29.8 Å². The molecule has 81 heavy (non-hydrogen) atoms. The van der Waals surface area contributed by atoms with E-state index in [9.17, 15) is 49.3 Å². The summed E-state index contributed by atoms with van der Waals surface area (Å²) in [6, 6.07) is 23.7. The van der Waals surface area contributed by atoms with Gasteiger partial charge in [-0.1, -0.05) is 40.9 Å². The molecular weight excluding hydrogens is 1140 g/mol. The second kappa shape index (κ2) is 25.3. The van der Waals surface area contributed by atoms with Crippen molar-refractivity contribution in [2.75, 3.05) is 55.2 Å². The van der Waals surface area contributed by atoms with E-state index in [4.69, 9.17) is 23.2 Å². The third-order valence-corrected chi connectivity index (χ3v) is 16.1. The second-order valence-corrected chi connectivity index (χ2v) is 22.3.